The maximum atomic E-state index is 10.4. The number of carboxylic acid groups (broad SMARTS) is 1. The van der Waals surface area contributed by atoms with E-state index >= 15 is 0 Å². The number of anilines is 2. The quantitative estimate of drug-likeness (QED) is 0.499. The molecule has 0 saturated heterocycles. The maximum absolute atomic E-state index is 10.4. The molecule has 2 aromatic carbocycles. The lowest BCUT2D eigenvalue weighted by Crippen LogP contribution is -2.33. The van der Waals surface area contributed by atoms with Gasteiger partial charge in [0.15, 0.2) is 0 Å². The van der Waals surface area contributed by atoms with Gasteiger partial charge >= 0.3 is 5.97 Å². The van der Waals surface area contributed by atoms with Gasteiger partial charge in [0.2, 0.25) is 12.6 Å². The minimum absolute atomic E-state index is 0.0497. The minimum atomic E-state index is -1.11. The van der Waals surface area contributed by atoms with Gasteiger partial charge in [0.05, 0.1) is 0 Å². The summed E-state index contributed by atoms with van der Waals surface area (Å²) in [7, 11) is 0. The van der Waals surface area contributed by atoms with Crippen LogP contribution in [-0.4, -0.2) is 23.6 Å². The second kappa shape index (κ2) is 6.95. The number of benzene rings is 2. The summed E-state index contributed by atoms with van der Waals surface area (Å²) in [4.78, 5) is 16.8. The first kappa shape index (κ1) is 14.4. The molecule has 0 amide bonds. The largest absolute Gasteiger partial charge is 0.479 e. The number of carbonyl (C=O) groups is 1. The number of aliphatic carboxylic acids is 1. The average Bonchev–Trinajstić information content (AvgIpc) is 2.49. The molecule has 0 aromatic heterocycles. The van der Waals surface area contributed by atoms with Gasteiger partial charge in [-0.15, -0.1) is 0 Å². The summed E-state index contributed by atoms with van der Waals surface area (Å²) in [6.07, 6.45) is 0. The van der Waals surface area contributed by atoms with Crippen LogP contribution in [0, 0.1) is 0 Å². The summed E-state index contributed by atoms with van der Waals surface area (Å²) in [5.74, 6) is -1.06. The standard InChI is InChI=1S/C15H15N3O3/c16-15(17-21-11-14(19)20)18(12-7-3-1-4-8-12)13-9-5-2-6-10-13/h1-10H,11H2,(H2,16,17)(H,19,20). The molecule has 0 radical (unpaired) electrons. The van der Waals surface area contributed by atoms with E-state index in [1.165, 1.54) is 0 Å². The van der Waals surface area contributed by atoms with Crippen molar-refractivity contribution in [3.05, 3.63) is 60.7 Å². The smallest absolute Gasteiger partial charge is 0.344 e. The normalized spacial score (nSPS) is 11.0. The molecule has 108 valence electrons. The predicted octanol–water partition coefficient (Wildman–Crippen LogP) is 2.16. The minimum Gasteiger partial charge on any atom is -0.479 e. The first-order valence-corrected chi connectivity index (χ1v) is 6.26. The van der Waals surface area contributed by atoms with E-state index in [9.17, 15) is 4.79 Å². The third-order valence-corrected chi connectivity index (χ3v) is 2.60. The van der Waals surface area contributed by atoms with Crippen LogP contribution in [0.3, 0.4) is 0 Å². The number of hydrogen-bond donors (Lipinski definition) is 2. The Morgan fingerprint density at radius 3 is 1.95 bits per heavy atom. The summed E-state index contributed by atoms with van der Waals surface area (Å²) in [6, 6.07) is 18.7. The molecule has 2 aromatic rings. The summed E-state index contributed by atoms with van der Waals surface area (Å²) < 4.78 is 0. The van der Waals surface area contributed by atoms with E-state index < -0.39 is 12.6 Å². The average molecular weight is 285 g/mol. The molecule has 6 nitrogen and oxygen atoms in total. The van der Waals surface area contributed by atoms with Gasteiger partial charge in [-0.1, -0.05) is 36.4 Å². The fraction of sp³-hybridized carbons (Fsp3) is 0.0667. The van der Waals surface area contributed by atoms with Crippen molar-refractivity contribution in [2.45, 2.75) is 0 Å². The highest BCUT2D eigenvalue weighted by atomic mass is 16.6. The first-order chi connectivity index (χ1) is 10.2. The van der Waals surface area contributed by atoms with Crippen LogP contribution in [0.4, 0.5) is 11.4 Å². The van der Waals surface area contributed by atoms with Crippen LogP contribution < -0.4 is 10.6 Å². The molecular formula is C15H15N3O3. The van der Waals surface area contributed by atoms with E-state index in [0.717, 1.165) is 11.4 Å². The van der Waals surface area contributed by atoms with Crippen molar-refractivity contribution in [2.75, 3.05) is 11.5 Å². The topological polar surface area (TPSA) is 88.2 Å². The molecule has 0 fully saturated rings. The Balaban J connectivity index is 2.31. The zero-order valence-electron chi connectivity index (χ0n) is 11.2. The van der Waals surface area contributed by atoms with Crippen LogP contribution in [0.2, 0.25) is 0 Å². The molecule has 21 heavy (non-hydrogen) atoms. The van der Waals surface area contributed by atoms with Crippen molar-refractivity contribution in [1.29, 1.82) is 0 Å². The SMILES string of the molecule is NC(=NOCC(=O)O)N(c1ccccc1)c1ccccc1. The Bertz CT molecular complexity index is 575. The fourth-order valence-electron chi connectivity index (χ4n) is 1.76. The highest BCUT2D eigenvalue weighted by Gasteiger charge is 2.13. The van der Waals surface area contributed by atoms with E-state index in [2.05, 4.69) is 5.16 Å². The Morgan fingerprint density at radius 2 is 1.52 bits per heavy atom. The summed E-state index contributed by atoms with van der Waals surface area (Å²) in [5.41, 5.74) is 7.52. The van der Waals surface area contributed by atoms with Crippen molar-refractivity contribution in [2.24, 2.45) is 10.9 Å². The number of guanidine groups is 1. The molecule has 0 aliphatic heterocycles. The van der Waals surface area contributed by atoms with Gasteiger partial charge in [0, 0.05) is 11.4 Å². The maximum Gasteiger partial charge on any atom is 0.344 e. The van der Waals surface area contributed by atoms with Crippen LogP contribution in [0.1, 0.15) is 0 Å². The summed E-state index contributed by atoms with van der Waals surface area (Å²) in [5, 5.41) is 12.2. The van der Waals surface area contributed by atoms with Crippen LogP contribution in [0.15, 0.2) is 65.8 Å². The predicted molar refractivity (Wildman–Crippen MR) is 80.2 cm³/mol. The summed E-state index contributed by atoms with van der Waals surface area (Å²) in [6.45, 7) is -0.544. The molecule has 0 aliphatic rings. The molecule has 0 atom stereocenters. The molecule has 0 aliphatic carbocycles. The number of rotatable bonds is 5. The van der Waals surface area contributed by atoms with Crippen molar-refractivity contribution >= 4 is 23.3 Å². The number of hydrogen-bond acceptors (Lipinski definition) is 3. The molecule has 0 saturated carbocycles. The van der Waals surface area contributed by atoms with Gasteiger partial charge in [-0.3, -0.25) is 4.90 Å². The highest BCUT2D eigenvalue weighted by molar-refractivity contribution is 6.01. The monoisotopic (exact) mass is 285 g/mol. The Labute approximate surface area is 122 Å². The van der Waals surface area contributed by atoms with Gasteiger partial charge in [-0.05, 0) is 29.4 Å². The number of nitrogens with zero attached hydrogens (tertiary/aromatic N) is 2. The molecule has 0 spiro atoms. The second-order valence-electron chi connectivity index (χ2n) is 4.12. The van der Waals surface area contributed by atoms with Crippen molar-refractivity contribution in [3.8, 4) is 0 Å². The molecule has 3 N–H and O–H groups in total. The number of nitrogens with two attached hydrogens (primary N) is 1. The van der Waals surface area contributed by atoms with Crippen LogP contribution >= 0.6 is 0 Å². The molecule has 2 rings (SSSR count). The van der Waals surface area contributed by atoms with E-state index in [1.54, 1.807) is 4.90 Å². The zero-order chi connectivity index (χ0) is 15.1. The van der Waals surface area contributed by atoms with Crippen LogP contribution in [0.25, 0.3) is 0 Å². The van der Waals surface area contributed by atoms with Gasteiger partial charge in [-0.25, -0.2) is 4.79 Å². The highest BCUT2D eigenvalue weighted by Crippen LogP contribution is 2.24. The van der Waals surface area contributed by atoms with E-state index in [0.29, 0.717) is 0 Å². The molecule has 6 heteroatoms. The first-order valence-electron chi connectivity index (χ1n) is 6.26. The molecule has 0 heterocycles. The third-order valence-electron chi connectivity index (χ3n) is 2.60. The Hall–Kier alpha value is -3.02. The number of oxime groups is 1. The van der Waals surface area contributed by atoms with E-state index in [4.69, 9.17) is 15.7 Å². The van der Waals surface area contributed by atoms with E-state index in [1.807, 2.05) is 60.7 Å². The number of para-hydroxylation sites is 2. The summed E-state index contributed by atoms with van der Waals surface area (Å²) >= 11 is 0. The lowest BCUT2D eigenvalue weighted by atomic mass is 10.2. The van der Waals surface area contributed by atoms with Gasteiger partial charge in [0.25, 0.3) is 0 Å². The molecule has 0 unspecified atom stereocenters. The molecule has 0 bridgehead atoms. The number of carboxylic acids is 1. The lowest BCUT2D eigenvalue weighted by Gasteiger charge is -2.23. The molecular weight excluding hydrogens is 270 g/mol. The van der Waals surface area contributed by atoms with Gasteiger partial charge < -0.3 is 15.7 Å². The third kappa shape index (κ3) is 3.97. The van der Waals surface area contributed by atoms with Crippen molar-refractivity contribution in [3.63, 3.8) is 0 Å². The van der Waals surface area contributed by atoms with Gasteiger partial charge in [-0.2, -0.15) is 0 Å². The van der Waals surface area contributed by atoms with Gasteiger partial charge in [0.1, 0.15) is 0 Å². The van der Waals surface area contributed by atoms with Crippen LogP contribution in [-0.2, 0) is 9.63 Å². The fourth-order valence-corrected chi connectivity index (χ4v) is 1.76. The van der Waals surface area contributed by atoms with E-state index in [-0.39, 0.29) is 5.96 Å². The second-order valence-corrected chi connectivity index (χ2v) is 4.12. The lowest BCUT2D eigenvalue weighted by molar-refractivity contribution is -0.142. The van der Waals surface area contributed by atoms with Crippen molar-refractivity contribution < 1.29 is 14.7 Å². The Morgan fingerprint density at radius 1 is 1.05 bits per heavy atom. The Kier molecular flexibility index (Phi) is 4.76. The van der Waals surface area contributed by atoms with Crippen molar-refractivity contribution in [1.82, 2.24) is 0 Å². The van der Waals surface area contributed by atoms with Crippen LogP contribution in [0.5, 0.6) is 0 Å². The zero-order valence-corrected chi connectivity index (χ0v) is 11.2.